The first kappa shape index (κ1) is 10.9. The van der Waals surface area contributed by atoms with Crippen molar-refractivity contribution >= 4 is 11.9 Å². The number of esters is 2. The van der Waals surface area contributed by atoms with Crippen molar-refractivity contribution in [1.29, 1.82) is 0 Å². The Morgan fingerprint density at radius 1 is 1.64 bits per heavy atom. The molecule has 1 saturated heterocycles. The predicted molar refractivity (Wildman–Crippen MR) is 43.1 cm³/mol. The van der Waals surface area contributed by atoms with Crippen molar-refractivity contribution in [3.63, 3.8) is 0 Å². The molecule has 0 amide bonds. The van der Waals surface area contributed by atoms with Gasteiger partial charge in [0.2, 0.25) is 6.10 Å². The molecule has 1 fully saturated rings. The maximum atomic E-state index is 11.0. The molecule has 14 heavy (non-hydrogen) atoms. The summed E-state index contributed by atoms with van der Waals surface area (Å²) < 4.78 is 9.10. The molecule has 0 aromatic heterocycles. The highest BCUT2D eigenvalue weighted by Gasteiger charge is 2.41. The van der Waals surface area contributed by atoms with E-state index in [2.05, 4.69) is 9.47 Å². The summed E-state index contributed by atoms with van der Waals surface area (Å²) in [6.07, 6.45) is -3.94. The van der Waals surface area contributed by atoms with Crippen LogP contribution in [-0.2, 0) is 19.1 Å². The highest BCUT2D eigenvalue weighted by molar-refractivity contribution is 5.80. The van der Waals surface area contributed by atoms with E-state index in [1.165, 1.54) is 0 Å². The number of rotatable bonds is 2. The van der Waals surface area contributed by atoms with Crippen molar-refractivity contribution in [2.75, 3.05) is 6.61 Å². The molecule has 80 valence electrons. The van der Waals surface area contributed by atoms with Crippen LogP contribution in [0.25, 0.3) is 0 Å². The topological polar surface area (TPSA) is 93.1 Å². The van der Waals surface area contributed by atoms with Gasteiger partial charge in [-0.3, -0.25) is 4.79 Å². The molecule has 0 aromatic carbocycles. The first-order valence-electron chi connectivity index (χ1n) is 4.28. The molecule has 0 spiro atoms. The molecule has 0 aliphatic carbocycles. The van der Waals surface area contributed by atoms with Gasteiger partial charge in [0.1, 0.15) is 18.8 Å². The molecule has 0 aromatic rings. The molecule has 1 aliphatic rings. The Hall–Kier alpha value is -1.14. The van der Waals surface area contributed by atoms with E-state index < -0.39 is 30.3 Å². The maximum Gasteiger partial charge on any atom is 0.350 e. The average Bonchev–Trinajstić information content (AvgIpc) is 2.18. The lowest BCUT2D eigenvalue weighted by Crippen LogP contribution is -2.52. The lowest BCUT2D eigenvalue weighted by Gasteiger charge is -2.29. The molecule has 0 radical (unpaired) electrons. The summed E-state index contributed by atoms with van der Waals surface area (Å²) in [5.41, 5.74) is 0. The number of hydrogen-bond acceptors (Lipinski definition) is 6. The van der Waals surface area contributed by atoms with Crippen LogP contribution < -0.4 is 0 Å². The van der Waals surface area contributed by atoms with Crippen LogP contribution >= 0.6 is 0 Å². The number of carbonyl (C=O) groups is 2. The molecular formula is C8H12O6. The van der Waals surface area contributed by atoms with Crippen LogP contribution in [0.4, 0.5) is 0 Å². The van der Waals surface area contributed by atoms with Crippen LogP contribution in [0.3, 0.4) is 0 Å². The van der Waals surface area contributed by atoms with Crippen molar-refractivity contribution in [3.8, 4) is 0 Å². The fourth-order valence-electron chi connectivity index (χ4n) is 1.03. The van der Waals surface area contributed by atoms with Crippen LogP contribution in [0.15, 0.2) is 0 Å². The standard InChI is InChI=1S/C8H12O6/c1-2-5(10)14-7-6(11)4(9)3-13-8(7)12/h4,6-7,9,11H,2-3H2,1H3/t4-,6-,7-/m1/s1. The second-order valence-electron chi connectivity index (χ2n) is 2.95. The Bertz CT molecular complexity index is 238. The SMILES string of the molecule is CCC(=O)O[C@H]1C(=O)OC[C@@H](O)[C@H]1O. The third-order valence-electron chi connectivity index (χ3n) is 1.88. The molecule has 3 atom stereocenters. The van der Waals surface area contributed by atoms with Gasteiger partial charge in [0.15, 0.2) is 0 Å². The van der Waals surface area contributed by atoms with Gasteiger partial charge in [0.05, 0.1) is 0 Å². The second kappa shape index (κ2) is 4.39. The van der Waals surface area contributed by atoms with Gasteiger partial charge in [-0.15, -0.1) is 0 Å². The van der Waals surface area contributed by atoms with E-state index in [4.69, 9.17) is 5.11 Å². The molecule has 1 aliphatic heterocycles. The van der Waals surface area contributed by atoms with Gasteiger partial charge in [0, 0.05) is 6.42 Å². The quantitative estimate of drug-likeness (QED) is 0.536. The molecule has 2 N–H and O–H groups in total. The molecular weight excluding hydrogens is 192 g/mol. The van der Waals surface area contributed by atoms with E-state index in [1.54, 1.807) is 6.92 Å². The zero-order valence-electron chi connectivity index (χ0n) is 7.67. The Balaban J connectivity index is 2.63. The van der Waals surface area contributed by atoms with Crippen molar-refractivity contribution in [2.24, 2.45) is 0 Å². The van der Waals surface area contributed by atoms with Gasteiger partial charge in [-0.1, -0.05) is 6.92 Å². The van der Waals surface area contributed by atoms with E-state index in [9.17, 15) is 14.7 Å². The summed E-state index contributed by atoms with van der Waals surface area (Å²) in [5.74, 6) is -1.45. The highest BCUT2D eigenvalue weighted by atomic mass is 16.6. The van der Waals surface area contributed by atoms with E-state index in [-0.39, 0.29) is 13.0 Å². The van der Waals surface area contributed by atoms with Crippen molar-refractivity contribution in [3.05, 3.63) is 0 Å². The van der Waals surface area contributed by atoms with Crippen molar-refractivity contribution in [1.82, 2.24) is 0 Å². The molecule has 6 nitrogen and oxygen atoms in total. The monoisotopic (exact) mass is 204 g/mol. The van der Waals surface area contributed by atoms with Crippen LogP contribution in [0.2, 0.25) is 0 Å². The van der Waals surface area contributed by atoms with Gasteiger partial charge in [-0.05, 0) is 0 Å². The summed E-state index contributed by atoms with van der Waals surface area (Å²) in [6, 6.07) is 0. The smallest absolute Gasteiger partial charge is 0.350 e. The Morgan fingerprint density at radius 2 is 2.29 bits per heavy atom. The van der Waals surface area contributed by atoms with E-state index in [1.807, 2.05) is 0 Å². The van der Waals surface area contributed by atoms with Crippen LogP contribution in [0, 0.1) is 0 Å². The van der Waals surface area contributed by atoms with Crippen LogP contribution in [0.1, 0.15) is 13.3 Å². The van der Waals surface area contributed by atoms with Crippen molar-refractivity contribution < 1.29 is 29.3 Å². The fourth-order valence-corrected chi connectivity index (χ4v) is 1.03. The number of aliphatic hydroxyl groups is 2. The number of ether oxygens (including phenoxy) is 2. The minimum Gasteiger partial charge on any atom is -0.460 e. The minimum atomic E-state index is -1.41. The highest BCUT2D eigenvalue weighted by Crippen LogP contribution is 2.14. The zero-order valence-corrected chi connectivity index (χ0v) is 7.67. The number of carbonyl (C=O) groups excluding carboxylic acids is 2. The molecule has 1 heterocycles. The Labute approximate surface area is 80.4 Å². The normalized spacial score (nSPS) is 32.2. The second-order valence-corrected chi connectivity index (χ2v) is 2.95. The molecule has 0 bridgehead atoms. The Kier molecular flexibility index (Phi) is 3.43. The first-order valence-corrected chi connectivity index (χ1v) is 4.28. The molecule has 1 rings (SSSR count). The van der Waals surface area contributed by atoms with E-state index in [0.29, 0.717) is 0 Å². The lowest BCUT2D eigenvalue weighted by molar-refractivity contribution is -0.198. The predicted octanol–water partition coefficient (Wildman–Crippen LogP) is -1.41. The van der Waals surface area contributed by atoms with Gasteiger partial charge >= 0.3 is 11.9 Å². The molecule has 0 saturated carbocycles. The lowest BCUT2D eigenvalue weighted by atomic mass is 10.1. The average molecular weight is 204 g/mol. The minimum absolute atomic E-state index is 0.0899. The fraction of sp³-hybridized carbons (Fsp3) is 0.750. The summed E-state index contributed by atoms with van der Waals surface area (Å²) in [7, 11) is 0. The largest absolute Gasteiger partial charge is 0.460 e. The number of aliphatic hydroxyl groups excluding tert-OH is 2. The summed E-state index contributed by atoms with van der Waals surface area (Å²) >= 11 is 0. The summed E-state index contributed by atoms with van der Waals surface area (Å²) in [6.45, 7) is 1.28. The van der Waals surface area contributed by atoms with Crippen LogP contribution in [-0.4, -0.2) is 47.1 Å². The third kappa shape index (κ3) is 2.21. The van der Waals surface area contributed by atoms with Crippen molar-refractivity contribution in [2.45, 2.75) is 31.7 Å². The van der Waals surface area contributed by atoms with Gasteiger partial charge in [-0.25, -0.2) is 4.79 Å². The zero-order chi connectivity index (χ0) is 10.7. The van der Waals surface area contributed by atoms with Gasteiger partial charge in [0.25, 0.3) is 0 Å². The van der Waals surface area contributed by atoms with Gasteiger partial charge < -0.3 is 19.7 Å². The van der Waals surface area contributed by atoms with Gasteiger partial charge in [-0.2, -0.15) is 0 Å². The Morgan fingerprint density at radius 3 is 2.86 bits per heavy atom. The van der Waals surface area contributed by atoms with Crippen LogP contribution in [0.5, 0.6) is 0 Å². The van der Waals surface area contributed by atoms with E-state index >= 15 is 0 Å². The number of hydrogen-bond donors (Lipinski definition) is 2. The molecule has 0 unspecified atom stereocenters. The van der Waals surface area contributed by atoms with E-state index in [0.717, 1.165) is 0 Å². The first-order chi connectivity index (χ1) is 6.56. The summed E-state index contributed by atoms with van der Waals surface area (Å²) in [4.78, 5) is 21.9. The molecule has 6 heteroatoms. The summed E-state index contributed by atoms with van der Waals surface area (Å²) in [5, 5.41) is 18.5. The maximum absolute atomic E-state index is 11.0. The number of cyclic esters (lactones) is 1. The third-order valence-corrected chi connectivity index (χ3v) is 1.88.